The lowest BCUT2D eigenvalue weighted by Crippen LogP contribution is -2.49. The summed E-state index contributed by atoms with van der Waals surface area (Å²) in [6.45, 7) is 21.1. The molecule has 0 radical (unpaired) electrons. The topological polar surface area (TPSA) is 253 Å². The standard InChI is InChI=1S/C32H42N2O7S.C28H34N2O7S/c1-22-21-32(5,6)34(14-9-10-29(35)41-31(2,3)4)27-20-28-24(18-25(22)27)19-26(30(36)40-28)23-11-15-33(16-12-23)13-7-8-17-42(37,38)39;1-19-18-28(2,3)30(11-6-7-26(31)32)24-17-25-21(15-22(19)24)16-23(27(33)37-25)20-8-12-29(13-9-20)10-4-5-14-38(34,35)36/h11-12,15-16,18-20,22H,7-10,13-14,17,21H2,1-6H3;8-9,12-13,15-17,19H,4-7,10-11,14,18H2,1-3H3,(H-,31,32,34,35,36). The quantitative estimate of drug-likeness (QED) is 0.0246. The Morgan fingerprint density at radius 1 is 0.637 bits per heavy atom. The third-order valence-corrected chi connectivity index (χ3v) is 16.5. The average Bonchev–Trinajstić information content (AvgIpc) is 3.35. The Kier molecular flexibility index (Phi) is 18.9. The number of pyridine rings is 2. The Labute approximate surface area is 468 Å². The van der Waals surface area contributed by atoms with Crippen molar-refractivity contribution in [1.29, 1.82) is 0 Å². The van der Waals surface area contributed by atoms with Crippen LogP contribution in [0.5, 0.6) is 0 Å². The van der Waals surface area contributed by atoms with E-state index >= 15 is 0 Å². The molecule has 0 fully saturated rings. The lowest BCUT2D eigenvalue weighted by molar-refractivity contribution is -0.697. The van der Waals surface area contributed by atoms with Crippen molar-refractivity contribution in [2.45, 2.75) is 168 Å². The highest BCUT2D eigenvalue weighted by molar-refractivity contribution is 7.85. The molecule has 0 saturated carbocycles. The molecule has 0 bridgehead atoms. The molecule has 2 aromatic carbocycles. The smallest absolute Gasteiger partial charge is 0.344 e. The summed E-state index contributed by atoms with van der Waals surface area (Å²) in [5.41, 5.74) is 6.00. The number of aliphatic carboxylic acids is 1. The second kappa shape index (κ2) is 24.7. The van der Waals surface area contributed by atoms with Crippen LogP contribution < -0.4 is 30.2 Å². The summed E-state index contributed by atoms with van der Waals surface area (Å²) in [5, 5.41) is 10.8. The van der Waals surface area contributed by atoms with Crippen molar-refractivity contribution in [2.75, 3.05) is 34.4 Å². The van der Waals surface area contributed by atoms with Gasteiger partial charge >= 0.3 is 23.2 Å². The highest BCUT2D eigenvalue weighted by Gasteiger charge is 2.38. The van der Waals surface area contributed by atoms with Gasteiger partial charge in [-0.15, -0.1) is 0 Å². The van der Waals surface area contributed by atoms with Gasteiger partial charge in [0, 0.05) is 131 Å². The number of fused-ring (bicyclic) bond motifs is 4. The number of hydrogen-bond acceptors (Lipinski definition) is 15. The summed E-state index contributed by atoms with van der Waals surface area (Å²) in [4.78, 5) is 54.0. The van der Waals surface area contributed by atoms with Gasteiger partial charge in [0.15, 0.2) is 24.8 Å². The maximum Gasteiger partial charge on any atom is 0.344 e. The number of rotatable bonds is 20. The zero-order valence-corrected chi connectivity index (χ0v) is 49.0. The third-order valence-electron chi connectivity index (χ3n) is 15.0. The monoisotopic (exact) mass is 1140 g/mol. The minimum atomic E-state index is -4.20. The number of esters is 1. The van der Waals surface area contributed by atoms with Crippen molar-refractivity contribution >= 4 is 65.5 Å². The molecule has 0 spiro atoms. The third kappa shape index (κ3) is 16.1. The maximum absolute atomic E-state index is 13.1. The predicted octanol–water partition coefficient (Wildman–Crippen LogP) is 9.32. The molecule has 0 aliphatic carbocycles. The number of aromatic nitrogens is 2. The van der Waals surface area contributed by atoms with E-state index in [9.17, 15) is 45.1 Å². The number of aryl methyl sites for hydroxylation is 2. The maximum atomic E-state index is 13.1. The van der Waals surface area contributed by atoms with Crippen LogP contribution in [0, 0.1) is 0 Å². The lowest BCUT2D eigenvalue weighted by Gasteiger charge is -2.47. The van der Waals surface area contributed by atoms with Crippen LogP contribution in [0.2, 0.25) is 0 Å². The summed E-state index contributed by atoms with van der Waals surface area (Å²) >= 11 is 0. The highest BCUT2D eigenvalue weighted by Crippen LogP contribution is 2.47. The van der Waals surface area contributed by atoms with E-state index in [2.05, 4.69) is 63.5 Å². The van der Waals surface area contributed by atoms with Crippen molar-refractivity contribution in [1.82, 2.24) is 0 Å². The fourth-order valence-corrected chi connectivity index (χ4v) is 12.4. The van der Waals surface area contributed by atoms with Gasteiger partial charge in [0.2, 0.25) is 0 Å². The minimum Gasteiger partial charge on any atom is -0.748 e. The molecule has 2 atom stereocenters. The minimum absolute atomic E-state index is 0.0998. The molecule has 6 heterocycles. The Bertz CT molecular complexity index is 3570. The first-order chi connectivity index (χ1) is 37.4. The number of anilines is 2. The molecule has 6 aromatic rings. The van der Waals surface area contributed by atoms with Gasteiger partial charge in [-0.1, -0.05) is 13.8 Å². The van der Waals surface area contributed by atoms with Crippen molar-refractivity contribution in [2.24, 2.45) is 0 Å². The highest BCUT2D eigenvalue weighted by atomic mass is 32.2. The van der Waals surface area contributed by atoms with Crippen LogP contribution in [0.1, 0.15) is 149 Å². The zero-order valence-electron chi connectivity index (χ0n) is 47.4. The van der Waals surface area contributed by atoms with Gasteiger partial charge in [0.25, 0.3) is 0 Å². The number of nitrogens with zero attached hydrogens (tertiary/aromatic N) is 4. The predicted molar refractivity (Wildman–Crippen MR) is 305 cm³/mol. The molecule has 0 saturated heterocycles. The summed E-state index contributed by atoms with van der Waals surface area (Å²) in [6.07, 6.45) is 12.5. The second-order valence-electron chi connectivity index (χ2n) is 23.7. The second-order valence-corrected chi connectivity index (χ2v) is 26.8. The van der Waals surface area contributed by atoms with E-state index in [4.69, 9.17) is 18.7 Å². The molecule has 0 amide bonds. The number of unbranched alkanes of at least 4 members (excludes halogenated alkanes) is 2. The molecule has 4 aromatic heterocycles. The van der Waals surface area contributed by atoms with Crippen LogP contribution in [0.4, 0.5) is 11.4 Å². The Morgan fingerprint density at radius 3 is 1.39 bits per heavy atom. The molecule has 20 heteroatoms. The van der Waals surface area contributed by atoms with Crippen molar-refractivity contribution in [3.8, 4) is 22.3 Å². The van der Waals surface area contributed by atoms with Crippen molar-refractivity contribution in [3.05, 3.63) is 117 Å². The summed E-state index contributed by atoms with van der Waals surface area (Å²) in [5.74, 6) is -1.18. The van der Waals surface area contributed by atoms with E-state index in [1.165, 1.54) is 5.56 Å². The van der Waals surface area contributed by atoms with Crippen LogP contribution in [-0.2, 0) is 47.7 Å². The summed E-state index contributed by atoms with van der Waals surface area (Å²) in [7, 11) is -8.40. The molecule has 8 rings (SSSR count). The van der Waals surface area contributed by atoms with E-state index in [0.29, 0.717) is 105 Å². The number of carbonyl (C=O) groups is 2. The zero-order chi connectivity index (χ0) is 58.5. The van der Waals surface area contributed by atoms with Gasteiger partial charge in [-0.25, -0.2) is 35.6 Å². The van der Waals surface area contributed by atoms with Gasteiger partial charge in [-0.2, -0.15) is 0 Å². The summed E-state index contributed by atoms with van der Waals surface area (Å²) < 4.78 is 85.5. The van der Waals surface area contributed by atoms with Gasteiger partial charge in [0.05, 0.1) is 31.4 Å². The molecular weight excluding hydrogens is 1060 g/mol. The molecule has 2 aliphatic heterocycles. The molecular formula is C60H76N4O14S2. The first-order valence-electron chi connectivity index (χ1n) is 27.4. The molecule has 2 aliphatic rings. The van der Waals surface area contributed by atoms with E-state index < -0.39 is 43.1 Å². The van der Waals surface area contributed by atoms with Crippen molar-refractivity contribution < 1.29 is 63.3 Å². The van der Waals surface area contributed by atoms with Crippen LogP contribution in [0.25, 0.3) is 44.2 Å². The van der Waals surface area contributed by atoms with E-state index in [1.807, 2.05) is 103 Å². The number of benzene rings is 2. The van der Waals surface area contributed by atoms with Gasteiger partial charge in [-0.05, 0) is 134 Å². The van der Waals surface area contributed by atoms with Crippen LogP contribution >= 0.6 is 0 Å². The lowest BCUT2D eigenvalue weighted by atomic mass is 9.79. The molecule has 432 valence electrons. The molecule has 18 nitrogen and oxygen atoms in total. The normalized spacial score (nSPS) is 16.9. The van der Waals surface area contributed by atoms with Gasteiger partial charge < -0.3 is 37.6 Å². The molecule has 80 heavy (non-hydrogen) atoms. The SMILES string of the molecule is CC1CC(C)(C)N(CCCC(=O)O)c2cc3oc(=O)c(-c4cc[n+](CCCCS(=O)(=O)[O-])cc4)cc3cc21.CC1CC(C)(C)N(CCCC(=O)OC(C)(C)C)c2cc3oc(=O)c(-c4cc[n+](CCCCS(=O)(=O)[O-])cc4)cc3cc21. The van der Waals surface area contributed by atoms with Crippen LogP contribution in [-0.4, -0.2) is 84.3 Å². The largest absolute Gasteiger partial charge is 0.748 e. The fourth-order valence-electron chi connectivity index (χ4n) is 11.3. The Balaban J connectivity index is 0.000000232. The first kappa shape index (κ1) is 61.1. The number of carboxylic acid groups (broad SMARTS) is 1. The first-order valence-corrected chi connectivity index (χ1v) is 30.6. The van der Waals surface area contributed by atoms with Crippen LogP contribution in [0.3, 0.4) is 0 Å². The number of carbonyl (C=O) groups excluding carboxylic acids is 1. The Morgan fingerprint density at radius 2 is 1.02 bits per heavy atom. The molecule has 2 unspecified atom stereocenters. The number of hydrogen-bond donors (Lipinski definition) is 1. The van der Waals surface area contributed by atoms with Gasteiger partial charge in [-0.3, -0.25) is 9.59 Å². The summed E-state index contributed by atoms with van der Waals surface area (Å²) in [6, 6.07) is 19.1. The Hall–Kier alpha value is -6.48. The number of ether oxygens (including phenoxy) is 1. The van der Waals surface area contributed by atoms with Crippen LogP contribution in [0.15, 0.2) is 104 Å². The van der Waals surface area contributed by atoms with E-state index in [1.54, 1.807) is 0 Å². The van der Waals surface area contributed by atoms with Crippen molar-refractivity contribution in [3.63, 3.8) is 0 Å². The average molecular weight is 1140 g/mol. The van der Waals surface area contributed by atoms with E-state index in [-0.39, 0.29) is 40.9 Å². The van der Waals surface area contributed by atoms with Gasteiger partial charge in [0.1, 0.15) is 29.9 Å². The van der Waals surface area contributed by atoms with E-state index in [0.717, 1.165) is 46.1 Å². The fraction of sp³-hybridized carbons (Fsp3) is 0.500. The number of carboxylic acids is 1. The molecule has 1 N–H and O–H groups in total.